The molecule has 0 saturated heterocycles. The molecule has 1 atom stereocenters. The van der Waals surface area contributed by atoms with Gasteiger partial charge in [-0.1, -0.05) is 24.2 Å². The maximum absolute atomic E-state index is 13.1. The summed E-state index contributed by atoms with van der Waals surface area (Å²) in [4.78, 5) is 24.2. The minimum atomic E-state index is -0.0387. The summed E-state index contributed by atoms with van der Waals surface area (Å²) in [5.41, 5.74) is 1.93. The van der Waals surface area contributed by atoms with Crippen LogP contribution in [0, 0.1) is 5.92 Å². The van der Waals surface area contributed by atoms with Gasteiger partial charge in [-0.15, -0.1) is 11.3 Å². The summed E-state index contributed by atoms with van der Waals surface area (Å²) >= 11 is 1.65. The van der Waals surface area contributed by atoms with Crippen LogP contribution in [0.15, 0.2) is 39.9 Å². The van der Waals surface area contributed by atoms with E-state index in [0.29, 0.717) is 17.6 Å². The van der Waals surface area contributed by atoms with Crippen LogP contribution in [-0.4, -0.2) is 26.8 Å². The van der Waals surface area contributed by atoms with Gasteiger partial charge in [0.25, 0.3) is 5.56 Å². The number of hydrogen-bond donors (Lipinski definition) is 0. The molecular weight excluding hydrogens is 388 g/mol. The number of fused-ring (bicyclic) bond motifs is 3. The number of aryl methyl sites for hydroxylation is 1. The molecule has 0 unspecified atom stereocenters. The lowest BCUT2D eigenvalue weighted by molar-refractivity contribution is 0.369. The van der Waals surface area contributed by atoms with Crippen molar-refractivity contribution in [3.8, 4) is 17.1 Å². The van der Waals surface area contributed by atoms with Gasteiger partial charge >= 0.3 is 0 Å². The third kappa shape index (κ3) is 3.23. The van der Waals surface area contributed by atoms with Crippen molar-refractivity contribution in [3.05, 3.63) is 57.3 Å². The Kier molecular flexibility index (Phi) is 4.43. The number of thiophene rings is 1. The van der Waals surface area contributed by atoms with Gasteiger partial charge in [-0.3, -0.25) is 9.36 Å². The van der Waals surface area contributed by atoms with Gasteiger partial charge in [-0.05, 0) is 42.9 Å². The Balaban J connectivity index is 1.47. The Morgan fingerprint density at radius 1 is 1.38 bits per heavy atom. The van der Waals surface area contributed by atoms with Gasteiger partial charge in [0.15, 0.2) is 0 Å². The number of hydrogen-bond acceptors (Lipinski definition) is 7. The second-order valence-corrected chi connectivity index (χ2v) is 8.54. The topological polar surface area (TPSA) is 83.0 Å². The van der Waals surface area contributed by atoms with Crippen LogP contribution in [0.2, 0.25) is 0 Å². The fourth-order valence-electron chi connectivity index (χ4n) is 3.82. The summed E-state index contributed by atoms with van der Waals surface area (Å²) in [6, 6.07) is 7.45. The molecule has 0 aliphatic heterocycles. The van der Waals surface area contributed by atoms with E-state index < -0.39 is 0 Å². The molecular formula is C21H20N4O3S. The van der Waals surface area contributed by atoms with E-state index in [1.54, 1.807) is 29.3 Å². The van der Waals surface area contributed by atoms with Crippen molar-refractivity contribution >= 4 is 21.6 Å². The van der Waals surface area contributed by atoms with Crippen molar-refractivity contribution in [1.82, 2.24) is 19.7 Å². The normalized spacial score (nSPS) is 16.1. The van der Waals surface area contributed by atoms with Crippen LogP contribution in [0.1, 0.15) is 29.7 Å². The Morgan fingerprint density at radius 3 is 3.14 bits per heavy atom. The first-order chi connectivity index (χ1) is 14.1. The van der Waals surface area contributed by atoms with E-state index in [1.807, 2.05) is 24.3 Å². The highest BCUT2D eigenvalue weighted by molar-refractivity contribution is 7.18. The monoisotopic (exact) mass is 408 g/mol. The molecule has 0 fully saturated rings. The molecule has 1 aliphatic rings. The molecule has 0 bridgehead atoms. The standard InChI is InChI=1S/C21H20N4O3S/c1-12-6-7-15-16(8-12)29-20-18(15)21(26)25(11-22-20)10-17-23-19(24-28-17)13-4-3-5-14(9-13)27-2/h3-5,9,11-12H,6-8,10H2,1-2H3/t12-/m1/s1. The summed E-state index contributed by atoms with van der Waals surface area (Å²) in [5, 5.41) is 4.80. The van der Waals surface area contributed by atoms with E-state index in [-0.39, 0.29) is 12.1 Å². The van der Waals surface area contributed by atoms with Crippen molar-refractivity contribution in [2.45, 2.75) is 32.7 Å². The molecule has 3 heterocycles. The van der Waals surface area contributed by atoms with E-state index in [9.17, 15) is 4.79 Å². The van der Waals surface area contributed by atoms with Crippen molar-refractivity contribution < 1.29 is 9.26 Å². The van der Waals surface area contributed by atoms with Gasteiger partial charge in [0.2, 0.25) is 11.7 Å². The van der Waals surface area contributed by atoms with Crippen LogP contribution in [0.5, 0.6) is 5.75 Å². The molecule has 0 radical (unpaired) electrons. The summed E-state index contributed by atoms with van der Waals surface area (Å²) < 4.78 is 12.2. The second kappa shape index (κ2) is 7.11. The molecule has 1 aromatic carbocycles. The number of nitrogens with zero attached hydrogens (tertiary/aromatic N) is 4. The Bertz CT molecular complexity index is 1260. The fourth-order valence-corrected chi connectivity index (χ4v) is 5.16. The molecule has 0 saturated carbocycles. The zero-order valence-electron chi connectivity index (χ0n) is 16.2. The van der Waals surface area contributed by atoms with Crippen LogP contribution in [0.25, 0.3) is 21.6 Å². The number of aromatic nitrogens is 4. The van der Waals surface area contributed by atoms with Gasteiger partial charge < -0.3 is 9.26 Å². The van der Waals surface area contributed by atoms with Crippen molar-refractivity contribution in [2.75, 3.05) is 7.11 Å². The van der Waals surface area contributed by atoms with Crippen LogP contribution < -0.4 is 10.3 Å². The number of rotatable bonds is 4. The molecule has 5 rings (SSSR count). The van der Waals surface area contributed by atoms with E-state index in [2.05, 4.69) is 22.0 Å². The van der Waals surface area contributed by atoms with Crippen molar-refractivity contribution in [1.29, 1.82) is 0 Å². The molecule has 3 aromatic heterocycles. The lowest BCUT2D eigenvalue weighted by Crippen LogP contribution is -2.22. The second-order valence-electron chi connectivity index (χ2n) is 7.45. The highest BCUT2D eigenvalue weighted by Gasteiger charge is 2.23. The highest BCUT2D eigenvalue weighted by atomic mass is 32.1. The predicted octanol–water partition coefficient (Wildman–Crippen LogP) is 3.69. The highest BCUT2D eigenvalue weighted by Crippen LogP contribution is 2.35. The van der Waals surface area contributed by atoms with Crippen LogP contribution in [0.3, 0.4) is 0 Å². The number of ether oxygens (including phenoxy) is 1. The molecule has 29 heavy (non-hydrogen) atoms. The maximum Gasteiger partial charge on any atom is 0.262 e. The molecule has 8 heteroatoms. The molecule has 0 amide bonds. The van der Waals surface area contributed by atoms with E-state index in [1.165, 1.54) is 10.4 Å². The summed E-state index contributed by atoms with van der Waals surface area (Å²) in [7, 11) is 1.61. The average molecular weight is 408 g/mol. The third-order valence-corrected chi connectivity index (χ3v) is 6.55. The lowest BCUT2D eigenvalue weighted by atomic mass is 9.89. The van der Waals surface area contributed by atoms with E-state index in [4.69, 9.17) is 9.26 Å². The smallest absolute Gasteiger partial charge is 0.262 e. The van der Waals surface area contributed by atoms with Crippen LogP contribution >= 0.6 is 11.3 Å². The number of benzene rings is 1. The molecule has 1 aliphatic carbocycles. The Labute approximate surface area is 171 Å². The third-order valence-electron chi connectivity index (χ3n) is 5.38. The van der Waals surface area contributed by atoms with E-state index >= 15 is 0 Å². The summed E-state index contributed by atoms with van der Waals surface area (Å²) in [6.45, 7) is 2.45. The minimum absolute atomic E-state index is 0.0387. The molecule has 148 valence electrons. The molecule has 0 N–H and O–H groups in total. The van der Waals surface area contributed by atoms with Gasteiger partial charge in [0, 0.05) is 10.4 Å². The first-order valence-electron chi connectivity index (χ1n) is 9.59. The lowest BCUT2D eigenvalue weighted by Gasteiger charge is -2.17. The summed E-state index contributed by atoms with van der Waals surface area (Å²) in [6.07, 6.45) is 4.66. The largest absolute Gasteiger partial charge is 0.497 e. The van der Waals surface area contributed by atoms with Gasteiger partial charge in [0.1, 0.15) is 17.1 Å². The quantitative estimate of drug-likeness (QED) is 0.512. The zero-order chi connectivity index (χ0) is 20.0. The number of methoxy groups -OCH3 is 1. The van der Waals surface area contributed by atoms with Crippen LogP contribution in [0.4, 0.5) is 0 Å². The first kappa shape index (κ1) is 18.1. The predicted molar refractivity (Wildman–Crippen MR) is 110 cm³/mol. The van der Waals surface area contributed by atoms with Gasteiger partial charge in [-0.2, -0.15) is 4.98 Å². The maximum atomic E-state index is 13.1. The van der Waals surface area contributed by atoms with E-state index in [0.717, 1.165) is 40.8 Å². The first-order valence-corrected chi connectivity index (χ1v) is 10.4. The fraction of sp³-hybridized carbons (Fsp3) is 0.333. The summed E-state index contributed by atoms with van der Waals surface area (Å²) in [5.74, 6) is 2.20. The average Bonchev–Trinajstić information content (AvgIpc) is 3.34. The zero-order valence-corrected chi connectivity index (χ0v) is 17.0. The van der Waals surface area contributed by atoms with Crippen LogP contribution in [-0.2, 0) is 19.4 Å². The van der Waals surface area contributed by atoms with Crippen molar-refractivity contribution in [3.63, 3.8) is 0 Å². The Hall–Kier alpha value is -3.00. The Morgan fingerprint density at radius 2 is 2.28 bits per heavy atom. The van der Waals surface area contributed by atoms with Gasteiger partial charge in [-0.25, -0.2) is 4.98 Å². The van der Waals surface area contributed by atoms with Gasteiger partial charge in [0.05, 0.1) is 18.8 Å². The van der Waals surface area contributed by atoms with Crippen molar-refractivity contribution in [2.24, 2.45) is 5.92 Å². The molecule has 7 nitrogen and oxygen atoms in total. The minimum Gasteiger partial charge on any atom is -0.497 e. The molecule has 0 spiro atoms. The molecule has 4 aromatic rings. The SMILES string of the molecule is COc1cccc(-c2noc(Cn3cnc4sc5c(c4c3=O)CC[C@@H](C)C5)n2)c1.